The highest BCUT2D eigenvalue weighted by Gasteiger charge is 2.27. The number of imidazole rings is 1. The molecule has 0 saturated heterocycles. The van der Waals surface area contributed by atoms with Crippen molar-refractivity contribution in [2.24, 2.45) is 0 Å². The summed E-state index contributed by atoms with van der Waals surface area (Å²) < 4.78 is 2.45. The first-order chi connectivity index (χ1) is 12.9. The second-order valence-corrected chi connectivity index (χ2v) is 7.47. The van der Waals surface area contributed by atoms with E-state index in [0.29, 0.717) is 0 Å². The molecule has 1 aliphatic carbocycles. The molecule has 26 heavy (non-hydrogen) atoms. The van der Waals surface area contributed by atoms with Gasteiger partial charge in [0.2, 0.25) is 0 Å². The number of nitrogens with one attached hydrogen (secondary N) is 1. The largest absolute Gasteiger partial charge is 0.380 e. The van der Waals surface area contributed by atoms with Gasteiger partial charge < -0.3 is 9.88 Å². The van der Waals surface area contributed by atoms with E-state index in [4.69, 9.17) is 4.98 Å². The quantitative estimate of drug-likeness (QED) is 0.785. The lowest BCUT2D eigenvalue weighted by Crippen LogP contribution is -2.41. The third-order valence-corrected chi connectivity index (χ3v) is 5.87. The van der Waals surface area contributed by atoms with Crippen LogP contribution in [0.1, 0.15) is 30.7 Å². The van der Waals surface area contributed by atoms with Crippen LogP contribution in [-0.2, 0) is 19.5 Å². The molecule has 5 heteroatoms. The normalized spacial score (nSPS) is 18.3. The SMILES string of the molecule is c1cncc(NCc2ccc3nc4n(c3c2)CCN(C2CCC2)CC4)c1. The minimum atomic E-state index is 0.802. The molecule has 0 atom stereocenters. The van der Waals surface area contributed by atoms with Crippen LogP contribution in [0.25, 0.3) is 11.0 Å². The van der Waals surface area contributed by atoms with Crippen molar-refractivity contribution >= 4 is 16.7 Å². The predicted octanol–water partition coefficient (Wildman–Crippen LogP) is 3.45. The molecule has 1 aliphatic heterocycles. The van der Waals surface area contributed by atoms with Gasteiger partial charge in [-0.1, -0.05) is 12.5 Å². The van der Waals surface area contributed by atoms with Crippen molar-refractivity contribution < 1.29 is 0 Å². The number of hydrogen-bond donors (Lipinski definition) is 1. The van der Waals surface area contributed by atoms with Crippen LogP contribution in [-0.4, -0.2) is 38.6 Å². The van der Waals surface area contributed by atoms with Gasteiger partial charge in [-0.2, -0.15) is 0 Å². The summed E-state index contributed by atoms with van der Waals surface area (Å²) >= 11 is 0. The van der Waals surface area contributed by atoms with Crippen molar-refractivity contribution in [2.75, 3.05) is 18.4 Å². The van der Waals surface area contributed by atoms with Crippen molar-refractivity contribution in [2.45, 2.75) is 44.8 Å². The third-order valence-electron chi connectivity index (χ3n) is 5.87. The summed E-state index contributed by atoms with van der Waals surface area (Å²) in [7, 11) is 0. The highest BCUT2D eigenvalue weighted by molar-refractivity contribution is 5.77. The smallest absolute Gasteiger partial charge is 0.111 e. The van der Waals surface area contributed by atoms with Crippen LogP contribution in [0.5, 0.6) is 0 Å². The summed E-state index contributed by atoms with van der Waals surface area (Å²) in [5, 5.41) is 3.45. The van der Waals surface area contributed by atoms with Crippen molar-refractivity contribution in [3.05, 3.63) is 54.1 Å². The average molecular weight is 347 g/mol. The lowest BCUT2D eigenvalue weighted by Gasteiger charge is -2.36. The molecule has 0 unspecified atom stereocenters. The van der Waals surface area contributed by atoms with Crippen molar-refractivity contribution in [1.82, 2.24) is 19.4 Å². The molecule has 1 aromatic carbocycles. The maximum atomic E-state index is 4.92. The van der Waals surface area contributed by atoms with E-state index < -0.39 is 0 Å². The minimum Gasteiger partial charge on any atom is -0.380 e. The first-order valence-electron chi connectivity index (χ1n) is 9.73. The van der Waals surface area contributed by atoms with Crippen LogP contribution >= 0.6 is 0 Å². The highest BCUT2D eigenvalue weighted by atomic mass is 15.2. The van der Waals surface area contributed by atoms with Gasteiger partial charge >= 0.3 is 0 Å². The zero-order valence-corrected chi connectivity index (χ0v) is 15.1. The van der Waals surface area contributed by atoms with Gasteiger partial charge in [-0.15, -0.1) is 0 Å². The molecule has 1 saturated carbocycles. The maximum Gasteiger partial charge on any atom is 0.111 e. The Morgan fingerprint density at radius 2 is 2.08 bits per heavy atom. The van der Waals surface area contributed by atoms with Crippen LogP contribution in [0.15, 0.2) is 42.7 Å². The zero-order valence-electron chi connectivity index (χ0n) is 15.1. The van der Waals surface area contributed by atoms with Gasteiger partial charge in [-0.25, -0.2) is 4.98 Å². The Bertz CT molecular complexity index is 897. The minimum absolute atomic E-state index is 0.802. The lowest BCUT2D eigenvalue weighted by atomic mass is 9.91. The van der Waals surface area contributed by atoms with Gasteiger partial charge in [0, 0.05) is 51.0 Å². The van der Waals surface area contributed by atoms with E-state index >= 15 is 0 Å². The van der Waals surface area contributed by atoms with E-state index in [2.05, 4.69) is 38.0 Å². The van der Waals surface area contributed by atoms with Crippen LogP contribution in [0.4, 0.5) is 5.69 Å². The van der Waals surface area contributed by atoms with Gasteiger partial charge in [-0.05, 0) is 42.7 Å². The lowest BCUT2D eigenvalue weighted by molar-refractivity contribution is 0.130. The fraction of sp³-hybridized carbons (Fsp3) is 0.429. The monoisotopic (exact) mass is 347 g/mol. The molecule has 0 amide bonds. The Hall–Kier alpha value is -2.40. The van der Waals surface area contributed by atoms with E-state index in [1.807, 2.05) is 18.3 Å². The number of fused-ring (bicyclic) bond motifs is 3. The molecule has 0 spiro atoms. The van der Waals surface area contributed by atoms with Gasteiger partial charge in [-0.3, -0.25) is 9.88 Å². The van der Waals surface area contributed by atoms with E-state index in [1.165, 1.54) is 36.2 Å². The summed E-state index contributed by atoms with van der Waals surface area (Å²) in [5.74, 6) is 1.25. The molecule has 3 heterocycles. The molecule has 5 rings (SSSR count). The molecule has 0 bridgehead atoms. The number of aromatic nitrogens is 3. The number of pyridine rings is 1. The van der Waals surface area contributed by atoms with Gasteiger partial charge in [0.05, 0.1) is 16.7 Å². The molecule has 0 radical (unpaired) electrons. The fourth-order valence-corrected chi connectivity index (χ4v) is 4.14. The number of hydrogen-bond acceptors (Lipinski definition) is 4. The maximum absolute atomic E-state index is 4.92. The standard InChI is InChI=1S/C21H25N5/c1-4-18(5-1)25-10-8-21-24-19-7-6-16(13-20(19)26(21)12-11-25)14-23-17-3-2-9-22-15-17/h2-3,6-7,9,13,15,18,23H,1,4-5,8,10-12,14H2. The average Bonchev–Trinajstić information content (AvgIpc) is 2.85. The van der Waals surface area contributed by atoms with Crippen LogP contribution in [0, 0.1) is 0 Å². The Morgan fingerprint density at radius 3 is 2.88 bits per heavy atom. The van der Waals surface area contributed by atoms with Gasteiger partial charge in [0.15, 0.2) is 0 Å². The Morgan fingerprint density at radius 1 is 1.12 bits per heavy atom. The Kier molecular flexibility index (Phi) is 4.09. The number of benzene rings is 1. The van der Waals surface area contributed by atoms with Crippen molar-refractivity contribution in [3.63, 3.8) is 0 Å². The van der Waals surface area contributed by atoms with Crippen LogP contribution in [0.3, 0.4) is 0 Å². The number of anilines is 1. The van der Waals surface area contributed by atoms with Crippen molar-refractivity contribution in [1.29, 1.82) is 0 Å². The Labute approximate surface area is 154 Å². The molecular weight excluding hydrogens is 322 g/mol. The third kappa shape index (κ3) is 2.97. The predicted molar refractivity (Wildman–Crippen MR) is 104 cm³/mol. The summed E-state index contributed by atoms with van der Waals surface area (Å²) in [4.78, 5) is 11.8. The molecule has 2 aliphatic rings. The van der Waals surface area contributed by atoms with Gasteiger partial charge in [0.1, 0.15) is 5.82 Å². The van der Waals surface area contributed by atoms with E-state index in [0.717, 1.165) is 49.8 Å². The molecular formula is C21H25N5. The number of nitrogens with zero attached hydrogens (tertiary/aromatic N) is 4. The summed E-state index contributed by atoms with van der Waals surface area (Å²) in [5.41, 5.74) is 4.74. The fourth-order valence-electron chi connectivity index (χ4n) is 4.14. The first kappa shape index (κ1) is 15.8. The van der Waals surface area contributed by atoms with E-state index in [1.54, 1.807) is 6.20 Å². The summed E-state index contributed by atoms with van der Waals surface area (Å²) in [6.07, 6.45) is 8.89. The zero-order chi connectivity index (χ0) is 17.3. The second-order valence-electron chi connectivity index (χ2n) is 7.47. The highest BCUT2D eigenvalue weighted by Crippen LogP contribution is 2.27. The molecule has 2 aromatic heterocycles. The molecule has 5 nitrogen and oxygen atoms in total. The molecule has 1 fully saturated rings. The van der Waals surface area contributed by atoms with Crippen LogP contribution in [0.2, 0.25) is 0 Å². The summed E-state index contributed by atoms with van der Waals surface area (Å²) in [6, 6.07) is 11.5. The second kappa shape index (κ2) is 6.72. The Balaban J connectivity index is 1.36. The van der Waals surface area contributed by atoms with E-state index in [9.17, 15) is 0 Å². The van der Waals surface area contributed by atoms with Crippen LogP contribution < -0.4 is 5.32 Å². The molecule has 3 aromatic rings. The first-order valence-corrected chi connectivity index (χ1v) is 9.73. The molecule has 1 N–H and O–H groups in total. The molecule has 134 valence electrons. The number of rotatable bonds is 4. The summed E-state index contributed by atoms with van der Waals surface area (Å²) in [6.45, 7) is 4.17. The topological polar surface area (TPSA) is 46.0 Å². The van der Waals surface area contributed by atoms with Gasteiger partial charge in [0.25, 0.3) is 0 Å². The van der Waals surface area contributed by atoms with Crippen molar-refractivity contribution in [3.8, 4) is 0 Å². The van der Waals surface area contributed by atoms with E-state index in [-0.39, 0.29) is 0 Å².